The lowest BCUT2D eigenvalue weighted by Crippen LogP contribution is -2.35. The molecular weight excluding hydrogens is 214 g/mol. The molecule has 15 heavy (non-hydrogen) atoms. The van der Waals surface area contributed by atoms with Gasteiger partial charge >= 0.3 is 5.97 Å². The third kappa shape index (κ3) is 3.74. The Morgan fingerprint density at radius 2 is 2.13 bits per heavy atom. The summed E-state index contributed by atoms with van der Waals surface area (Å²) in [6.45, 7) is 2.35. The van der Waals surface area contributed by atoms with E-state index in [1.54, 1.807) is 11.8 Å². The van der Waals surface area contributed by atoms with Crippen molar-refractivity contribution >= 4 is 23.6 Å². The molecule has 0 aromatic heterocycles. The zero-order valence-electron chi connectivity index (χ0n) is 8.91. The van der Waals surface area contributed by atoms with Gasteiger partial charge in [0.05, 0.1) is 11.2 Å². The van der Waals surface area contributed by atoms with Crippen molar-refractivity contribution in [3.8, 4) is 0 Å². The first kappa shape index (κ1) is 12.4. The fraction of sp³-hybridized carbons (Fsp3) is 0.800. The van der Waals surface area contributed by atoms with Crippen LogP contribution in [0.2, 0.25) is 0 Å². The van der Waals surface area contributed by atoms with Gasteiger partial charge in [0.2, 0.25) is 5.91 Å². The van der Waals surface area contributed by atoms with Crippen LogP contribution in [0.15, 0.2) is 0 Å². The molecule has 0 saturated heterocycles. The number of nitrogens with one attached hydrogen (secondary N) is 1. The highest BCUT2D eigenvalue weighted by Crippen LogP contribution is 2.45. The van der Waals surface area contributed by atoms with E-state index in [4.69, 9.17) is 5.11 Å². The molecule has 1 amide bonds. The molecule has 0 aliphatic heterocycles. The summed E-state index contributed by atoms with van der Waals surface area (Å²) < 4.78 is 0. The van der Waals surface area contributed by atoms with Crippen LogP contribution in [-0.2, 0) is 9.59 Å². The predicted octanol–water partition coefficient (Wildman–Crippen LogP) is 1.11. The topological polar surface area (TPSA) is 66.4 Å². The maximum Gasteiger partial charge on any atom is 0.311 e. The molecule has 0 spiro atoms. The second-order valence-corrected chi connectivity index (χ2v) is 5.02. The third-order valence-corrected chi connectivity index (χ3v) is 3.68. The smallest absolute Gasteiger partial charge is 0.311 e. The van der Waals surface area contributed by atoms with Gasteiger partial charge in [-0.05, 0) is 25.0 Å². The number of hydrogen-bond donors (Lipinski definition) is 2. The monoisotopic (exact) mass is 231 g/mol. The minimum atomic E-state index is -0.788. The summed E-state index contributed by atoms with van der Waals surface area (Å²) in [4.78, 5) is 22.1. The zero-order valence-corrected chi connectivity index (χ0v) is 9.73. The SMILES string of the molecule is CCCSCC(=O)NCC1(C(=O)O)CC1. The van der Waals surface area contributed by atoms with Crippen LogP contribution in [0.25, 0.3) is 0 Å². The number of carbonyl (C=O) groups excluding carboxylic acids is 1. The Bertz CT molecular complexity index is 251. The molecule has 0 aromatic rings. The summed E-state index contributed by atoms with van der Waals surface area (Å²) in [6, 6.07) is 0. The van der Waals surface area contributed by atoms with Gasteiger partial charge in [-0.15, -0.1) is 0 Å². The van der Waals surface area contributed by atoms with E-state index in [0.717, 1.165) is 12.2 Å². The molecular formula is C10H17NO3S. The van der Waals surface area contributed by atoms with E-state index in [-0.39, 0.29) is 12.5 Å². The normalized spacial score (nSPS) is 17.1. The van der Waals surface area contributed by atoms with Crippen molar-refractivity contribution in [1.29, 1.82) is 0 Å². The minimum absolute atomic E-state index is 0.0547. The molecule has 0 heterocycles. The number of carboxylic acids is 1. The van der Waals surface area contributed by atoms with Gasteiger partial charge in [0.25, 0.3) is 0 Å². The van der Waals surface area contributed by atoms with Crippen LogP contribution >= 0.6 is 11.8 Å². The Hall–Kier alpha value is -0.710. The van der Waals surface area contributed by atoms with Crippen molar-refractivity contribution in [3.63, 3.8) is 0 Å². The van der Waals surface area contributed by atoms with Crippen LogP contribution in [0.3, 0.4) is 0 Å². The lowest BCUT2D eigenvalue weighted by Gasteiger charge is -2.10. The van der Waals surface area contributed by atoms with Gasteiger partial charge in [0.1, 0.15) is 0 Å². The zero-order chi connectivity index (χ0) is 11.3. The van der Waals surface area contributed by atoms with E-state index in [9.17, 15) is 9.59 Å². The molecule has 0 unspecified atom stereocenters. The van der Waals surface area contributed by atoms with Crippen LogP contribution in [0.4, 0.5) is 0 Å². The minimum Gasteiger partial charge on any atom is -0.481 e. The number of carboxylic acid groups (broad SMARTS) is 1. The Labute approximate surface area is 93.8 Å². The molecule has 86 valence electrons. The van der Waals surface area contributed by atoms with E-state index >= 15 is 0 Å². The molecule has 0 radical (unpaired) electrons. The molecule has 0 bridgehead atoms. The van der Waals surface area contributed by atoms with Crippen molar-refractivity contribution in [3.05, 3.63) is 0 Å². The van der Waals surface area contributed by atoms with E-state index in [2.05, 4.69) is 12.2 Å². The molecule has 1 saturated carbocycles. The molecule has 1 aliphatic carbocycles. The molecule has 4 nitrogen and oxygen atoms in total. The number of amides is 1. The molecule has 1 aliphatic rings. The Kier molecular flexibility index (Phi) is 4.45. The van der Waals surface area contributed by atoms with E-state index in [1.807, 2.05) is 0 Å². The summed E-state index contributed by atoms with van der Waals surface area (Å²) in [5.41, 5.74) is -0.648. The fourth-order valence-corrected chi connectivity index (χ4v) is 1.97. The van der Waals surface area contributed by atoms with Gasteiger partial charge in [-0.3, -0.25) is 9.59 Å². The highest BCUT2D eigenvalue weighted by atomic mass is 32.2. The first-order valence-corrected chi connectivity index (χ1v) is 6.34. The molecule has 0 aromatic carbocycles. The largest absolute Gasteiger partial charge is 0.481 e. The summed E-state index contributed by atoms with van der Waals surface area (Å²) in [5.74, 6) is 0.561. The van der Waals surface area contributed by atoms with Crippen LogP contribution < -0.4 is 5.32 Å². The number of thioether (sulfide) groups is 1. The maximum absolute atomic E-state index is 11.3. The second kappa shape index (κ2) is 5.39. The number of aliphatic carboxylic acids is 1. The van der Waals surface area contributed by atoms with Gasteiger partial charge in [0.15, 0.2) is 0 Å². The number of rotatable bonds is 7. The standard InChI is InChI=1S/C10H17NO3S/c1-2-5-15-6-8(12)11-7-10(3-4-10)9(13)14/h2-7H2,1H3,(H,11,12)(H,13,14). The average molecular weight is 231 g/mol. The van der Waals surface area contributed by atoms with Crippen molar-refractivity contribution in [2.75, 3.05) is 18.1 Å². The van der Waals surface area contributed by atoms with Crippen LogP contribution in [0.1, 0.15) is 26.2 Å². The van der Waals surface area contributed by atoms with E-state index < -0.39 is 11.4 Å². The fourth-order valence-electron chi connectivity index (χ4n) is 1.25. The lowest BCUT2D eigenvalue weighted by molar-refractivity contribution is -0.143. The van der Waals surface area contributed by atoms with Crippen LogP contribution in [0, 0.1) is 5.41 Å². The van der Waals surface area contributed by atoms with Crippen molar-refractivity contribution in [1.82, 2.24) is 5.32 Å². The van der Waals surface area contributed by atoms with Gasteiger partial charge in [-0.2, -0.15) is 11.8 Å². The maximum atomic E-state index is 11.3. The highest BCUT2D eigenvalue weighted by molar-refractivity contribution is 7.99. The lowest BCUT2D eigenvalue weighted by atomic mass is 10.1. The van der Waals surface area contributed by atoms with Crippen molar-refractivity contribution in [2.24, 2.45) is 5.41 Å². The summed E-state index contributed by atoms with van der Waals surface area (Å²) in [6.07, 6.45) is 2.42. The molecule has 5 heteroatoms. The first-order chi connectivity index (χ1) is 7.10. The van der Waals surface area contributed by atoms with Gasteiger partial charge in [0, 0.05) is 6.54 Å². The Balaban J connectivity index is 2.14. The number of hydrogen-bond acceptors (Lipinski definition) is 3. The third-order valence-electron chi connectivity index (χ3n) is 2.51. The van der Waals surface area contributed by atoms with Gasteiger partial charge < -0.3 is 10.4 Å². The van der Waals surface area contributed by atoms with Gasteiger partial charge in [-0.25, -0.2) is 0 Å². The highest BCUT2D eigenvalue weighted by Gasteiger charge is 2.50. The second-order valence-electron chi connectivity index (χ2n) is 3.91. The first-order valence-electron chi connectivity index (χ1n) is 5.18. The summed E-state index contributed by atoms with van der Waals surface area (Å²) in [7, 11) is 0. The number of carbonyl (C=O) groups is 2. The van der Waals surface area contributed by atoms with Crippen LogP contribution in [0.5, 0.6) is 0 Å². The van der Waals surface area contributed by atoms with Gasteiger partial charge in [-0.1, -0.05) is 6.92 Å². The summed E-state index contributed by atoms with van der Waals surface area (Å²) in [5, 5.41) is 11.6. The molecule has 1 fully saturated rings. The van der Waals surface area contributed by atoms with E-state index in [0.29, 0.717) is 18.6 Å². The molecule has 1 rings (SSSR count). The van der Waals surface area contributed by atoms with Crippen molar-refractivity contribution in [2.45, 2.75) is 26.2 Å². The Morgan fingerprint density at radius 3 is 2.60 bits per heavy atom. The molecule has 0 atom stereocenters. The quantitative estimate of drug-likeness (QED) is 0.644. The van der Waals surface area contributed by atoms with Crippen LogP contribution in [-0.4, -0.2) is 35.0 Å². The van der Waals surface area contributed by atoms with Crippen molar-refractivity contribution < 1.29 is 14.7 Å². The average Bonchev–Trinajstić information content (AvgIpc) is 2.96. The predicted molar refractivity (Wildman–Crippen MR) is 59.9 cm³/mol. The summed E-state index contributed by atoms with van der Waals surface area (Å²) >= 11 is 1.58. The Morgan fingerprint density at radius 1 is 1.47 bits per heavy atom. The molecule has 2 N–H and O–H groups in total. The van der Waals surface area contributed by atoms with E-state index in [1.165, 1.54) is 0 Å².